The third kappa shape index (κ3) is 5.24. The Labute approximate surface area is 189 Å². The Bertz CT molecular complexity index is 1300. The zero-order valence-electron chi connectivity index (χ0n) is 18.1. The fourth-order valence-corrected chi connectivity index (χ4v) is 6.16. The SMILES string of the molecule is Cc1c(S(=O)(=O)NCCc2ccccn2)cccc1S(=O)(=O)c1ccc(C(C)(C)O)cc1. The van der Waals surface area contributed by atoms with E-state index >= 15 is 0 Å². The summed E-state index contributed by atoms with van der Waals surface area (Å²) in [6, 6.07) is 15.5. The van der Waals surface area contributed by atoms with Crippen LogP contribution in [0.1, 0.15) is 30.7 Å². The van der Waals surface area contributed by atoms with Gasteiger partial charge in [0.15, 0.2) is 0 Å². The first kappa shape index (κ1) is 24.1. The number of rotatable bonds is 8. The van der Waals surface area contributed by atoms with E-state index in [-0.39, 0.29) is 26.8 Å². The summed E-state index contributed by atoms with van der Waals surface area (Å²) in [6.45, 7) is 4.82. The molecule has 0 unspecified atom stereocenters. The molecule has 0 aliphatic rings. The molecule has 2 aromatic carbocycles. The van der Waals surface area contributed by atoms with E-state index in [4.69, 9.17) is 0 Å². The van der Waals surface area contributed by atoms with E-state index in [1.807, 2.05) is 6.07 Å². The lowest BCUT2D eigenvalue weighted by Crippen LogP contribution is -2.27. The highest BCUT2D eigenvalue weighted by Gasteiger charge is 2.26. The third-order valence-corrected chi connectivity index (χ3v) is 8.60. The lowest BCUT2D eigenvalue weighted by atomic mass is 9.99. The van der Waals surface area contributed by atoms with E-state index in [0.29, 0.717) is 12.0 Å². The molecule has 0 saturated heterocycles. The number of benzene rings is 2. The van der Waals surface area contributed by atoms with Crippen LogP contribution in [-0.2, 0) is 31.9 Å². The molecule has 0 amide bonds. The van der Waals surface area contributed by atoms with Gasteiger partial charge in [-0.05, 0) is 68.3 Å². The molecular formula is C23H26N2O5S2. The number of hydrogen-bond acceptors (Lipinski definition) is 6. The molecule has 0 bridgehead atoms. The summed E-state index contributed by atoms with van der Waals surface area (Å²) < 4.78 is 54.7. The Morgan fingerprint density at radius 1 is 0.906 bits per heavy atom. The first-order valence-electron chi connectivity index (χ1n) is 10.00. The normalized spacial score (nSPS) is 12.6. The zero-order chi connectivity index (χ0) is 23.6. The summed E-state index contributed by atoms with van der Waals surface area (Å²) in [5.74, 6) is 0. The van der Waals surface area contributed by atoms with Crippen LogP contribution in [0.4, 0.5) is 0 Å². The summed E-state index contributed by atoms with van der Waals surface area (Å²) in [7, 11) is -7.89. The maximum atomic E-state index is 13.2. The molecular weight excluding hydrogens is 448 g/mol. The summed E-state index contributed by atoms with van der Waals surface area (Å²) in [5, 5.41) is 10.1. The molecule has 0 atom stereocenters. The van der Waals surface area contributed by atoms with Gasteiger partial charge in [-0.25, -0.2) is 21.6 Å². The van der Waals surface area contributed by atoms with Gasteiger partial charge in [-0.3, -0.25) is 4.98 Å². The molecule has 0 aliphatic heterocycles. The molecule has 0 aliphatic carbocycles. The second-order valence-electron chi connectivity index (χ2n) is 7.93. The highest BCUT2D eigenvalue weighted by molar-refractivity contribution is 7.92. The van der Waals surface area contributed by atoms with Crippen molar-refractivity contribution in [1.82, 2.24) is 9.71 Å². The minimum absolute atomic E-state index is 0.0197. The Kier molecular flexibility index (Phi) is 6.85. The molecule has 32 heavy (non-hydrogen) atoms. The van der Waals surface area contributed by atoms with Crippen molar-refractivity contribution in [2.45, 2.75) is 47.5 Å². The van der Waals surface area contributed by atoms with E-state index in [1.165, 1.54) is 37.3 Å². The fraction of sp³-hybridized carbons (Fsp3) is 0.261. The van der Waals surface area contributed by atoms with Gasteiger partial charge in [0.25, 0.3) is 0 Å². The van der Waals surface area contributed by atoms with Crippen LogP contribution in [0.3, 0.4) is 0 Å². The molecule has 0 radical (unpaired) electrons. The molecule has 2 N–H and O–H groups in total. The first-order valence-corrected chi connectivity index (χ1v) is 13.0. The van der Waals surface area contributed by atoms with Crippen LogP contribution in [0.25, 0.3) is 0 Å². The average Bonchev–Trinajstić information content (AvgIpc) is 2.74. The number of aromatic nitrogens is 1. The topological polar surface area (TPSA) is 113 Å². The Morgan fingerprint density at radius 2 is 1.56 bits per heavy atom. The van der Waals surface area contributed by atoms with Crippen LogP contribution in [0.2, 0.25) is 0 Å². The molecule has 1 aromatic heterocycles. The largest absolute Gasteiger partial charge is 0.386 e. The van der Waals surface area contributed by atoms with Crippen molar-refractivity contribution in [1.29, 1.82) is 0 Å². The van der Waals surface area contributed by atoms with Gasteiger partial charge in [-0.15, -0.1) is 0 Å². The van der Waals surface area contributed by atoms with Crippen molar-refractivity contribution < 1.29 is 21.9 Å². The van der Waals surface area contributed by atoms with E-state index in [1.54, 1.807) is 44.3 Å². The Hall–Kier alpha value is -2.59. The van der Waals surface area contributed by atoms with Crippen molar-refractivity contribution in [2.75, 3.05) is 6.54 Å². The molecule has 3 aromatic rings. The standard InChI is InChI=1S/C23H26N2O5S2/c1-17-21(31(27,28)20-12-10-18(11-13-20)23(2,3)26)8-6-9-22(17)32(29,30)25-16-14-19-7-4-5-15-24-19/h4-13,15,25-26H,14,16H2,1-3H3. The van der Waals surface area contributed by atoms with Gasteiger partial charge >= 0.3 is 0 Å². The molecule has 0 fully saturated rings. The minimum atomic E-state index is -3.96. The smallest absolute Gasteiger partial charge is 0.240 e. The van der Waals surface area contributed by atoms with Crippen molar-refractivity contribution in [3.05, 3.63) is 83.7 Å². The number of nitrogens with one attached hydrogen (secondary N) is 1. The second-order valence-corrected chi connectivity index (χ2v) is 11.6. The summed E-state index contributed by atoms with van der Waals surface area (Å²) in [5.41, 5.74) is 0.358. The van der Waals surface area contributed by atoms with E-state index in [9.17, 15) is 21.9 Å². The molecule has 1 heterocycles. The fourth-order valence-electron chi connectivity index (χ4n) is 3.28. The summed E-state index contributed by atoms with van der Waals surface area (Å²) in [4.78, 5) is 4.01. The van der Waals surface area contributed by atoms with Crippen molar-refractivity contribution >= 4 is 19.9 Å². The molecule has 170 valence electrons. The Balaban J connectivity index is 1.88. The van der Waals surface area contributed by atoms with Crippen LogP contribution in [0.5, 0.6) is 0 Å². The molecule has 3 rings (SSSR count). The van der Waals surface area contributed by atoms with Gasteiger partial charge in [-0.2, -0.15) is 0 Å². The second kappa shape index (κ2) is 9.11. The molecule has 0 spiro atoms. The maximum Gasteiger partial charge on any atom is 0.240 e. The van der Waals surface area contributed by atoms with Gasteiger partial charge in [-0.1, -0.05) is 24.3 Å². The third-order valence-electron chi connectivity index (χ3n) is 5.08. The highest BCUT2D eigenvalue weighted by Crippen LogP contribution is 2.29. The average molecular weight is 475 g/mol. The summed E-state index contributed by atoms with van der Waals surface area (Å²) >= 11 is 0. The van der Waals surface area contributed by atoms with E-state index in [2.05, 4.69) is 9.71 Å². The van der Waals surface area contributed by atoms with Crippen LogP contribution in [0, 0.1) is 6.92 Å². The highest BCUT2D eigenvalue weighted by atomic mass is 32.2. The van der Waals surface area contributed by atoms with Gasteiger partial charge in [0, 0.05) is 24.9 Å². The zero-order valence-corrected chi connectivity index (χ0v) is 19.7. The number of sulfonamides is 1. The van der Waals surface area contributed by atoms with Crippen molar-refractivity contribution in [3.63, 3.8) is 0 Å². The molecule has 7 nitrogen and oxygen atoms in total. The number of sulfone groups is 1. The van der Waals surface area contributed by atoms with Gasteiger partial charge < -0.3 is 5.11 Å². The predicted molar refractivity (Wildman–Crippen MR) is 121 cm³/mol. The lowest BCUT2D eigenvalue weighted by molar-refractivity contribution is 0.0785. The van der Waals surface area contributed by atoms with Gasteiger partial charge in [0.1, 0.15) is 0 Å². The number of hydrogen-bond donors (Lipinski definition) is 2. The molecule has 0 saturated carbocycles. The van der Waals surface area contributed by atoms with E-state index < -0.39 is 25.5 Å². The van der Waals surface area contributed by atoms with Crippen LogP contribution < -0.4 is 4.72 Å². The first-order chi connectivity index (χ1) is 14.9. The van der Waals surface area contributed by atoms with Gasteiger partial charge in [0.2, 0.25) is 19.9 Å². The Morgan fingerprint density at radius 3 is 2.16 bits per heavy atom. The van der Waals surface area contributed by atoms with Crippen LogP contribution in [0.15, 0.2) is 81.5 Å². The predicted octanol–water partition coefficient (Wildman–Crippen LogP) is 2.97. The quantitative estimate of drug-likeness (QED) is 0.519. The maximum absolute atomic E-state index is 13.2. The summed E-state index contributed by atoms with van der Waals surface area (Å²) in [6.07, 6.45) is 2.04. The van der Waals surface area contributed by atoms with Crippen molar-refractivity contribution in [3.8, 4) is 0 Å². The minimum Gasteiger partial charge on any atom is -0.386 e. The number of nitrogens with zero attached hydrogens (tertiary/aromatic N) is 1. The lowest BCUT2D eigenvalue weighted by Gasteiger charge is -2.18. The monoisotopic (exact) mass is 474 g/mol. The van der Waals surface area contributed by atoms with E-state index in [0.717, 1.165) is 5.69 Å². The van der Waals surface area contributed by atoms with Crippen LogP contribution in [-0.4, -0.2) is 33.5 Å². The van der Waals surface area contributed by atoms with Gasteiger partial charge in [0.05, 0.1) is 20.3 Å². The van der Waals surface area contributed by atoms with Crippen LogP contribution >= 0.6 is 0 Å². The number of aliphatic hydroxyl groups is 1. The van der Waals surface area contributed by atoms with Crippen molar-refractivity contribution in [2.24, 2.45) is 0 Å². The molecule has 9 heteroatoms. The number of pyridine rings is 1.